The number of halogens is 3. The van der Waals surface area contributed by atoms with Crippen LogP contribution in [0.2, 0.25) is 0 Å². The second kappa shape index (κ2) is 3.19. The Morgan fingerprint density at radius 3 is 1.86 bits per heavy atom. The van der Waals surface area contributed by atoms with Gasteiger partial charge in [-0.05, 0) is 40.6 Å². The van der Waals surface area contributed by atoms with Gasteiger partial charge in [-0.1, -0.05) is 0 Å². The molecule has 44 valence electrons. The molecule has 0 heterocycles. The fourth-order valence-electron chi connectivity index (χ4n) is 0.160. The SMILES string of the molecule is CCN=P(Cl)(Cl)Cl. The highest BCUT2D eigenvalue weighted by Gasteiger charge is 2.01. The van der Waals surface area contributed by atoms with Crippen LogP contribution < -0.4 is 0 Å². The maximum absolute atomic E-state index is 5.31. The topological polar surface area (TPSA) is 12.4 Å². The van der Waals surface area contributed by atoms with Crippen LogP contribution in [0.5, 0.6) is 0 Å². The molecule has 7 heavy (non-hydrogen) atoms. The van der Waals surface area contributed by atoms with Crippen LogP contribution in [0.25, 0.3) is 0 Å². The fraction of sp³-hybridized carbons (Fsp3) is 1.00. The first-order valence-corrected chi connectivity index (χ1v) is 6.19. The summed E-state index contributed by atoms with van der Waals surface area (Å²) in [7, 11) is 0. The van der Waals surface area contributed by atoms with Gasteiger partial charge in [0.1, 0.15) is 0 Å². The summed E-state index contributed by atoms with van der Waals surface area (Å²) >= 11 is 15.9. The van der Waals surface area contributed by atoms with Gasteiger partial charge >= 0.3 is 0 Å². The zero-order valence-corrected chi connectivity index (χ0v) is 6.90. The molecule has 0 atom stereocenters. The molecule has 0 radical (unpaired) electrons. The van der Waals surface area contributed by atoms with Gasteiger partial charge in [0, 0.05) is 6.54 Å². The third-order valence-corrected chi connectivity index (χ3v) is 1.87. The first kappa shape index (κ1) is 8.10. The van der Waals surface area contributed by atoms with Gasteiger partial charge in [0.15, 0.2) is 0 Å². The van der Waals surface area contributed by atoms with E-state index in [0.29, 0.717) is 6.54 Å². The van der Waals surface area contributed by atoms with Crippen molar-refractivity contribution < 1.29 is 0 Å². The third-order valence-electron chi connectivity index (χ3n) is 0.302. The minimum atomic E-state index is -2.37. The third kappa shape index (κ3) is 7.10. The van der Waals surface area contributed by atoms with Crippen molar-refractivity contribution in [3.63, 3.8) is 0 Å². The van der Waals surface area contributed by atoms with Crippen molar-refractivity contribution in [2.75, 3.05) is 6.54 Å². The maximum atomic E-state index is 5.31. The zero-order valence-electron chi connectivity index (χ0n) is 3.74. The molecule has 0 aromatic carbocycles. The molecule has 0 bridgehead atoms. The Hall–Kier alpha value is 1.10. The minimum absolute atomic E-state index is 0.588. The molecule has 0 amide bonds. The quantitative estimate of drug-likeness (QED) is 0.546. The summed E-state index contributed by atoms with van der Waals surface area (Å²) in [6, 6.07) is 0. The van der Waals surface area contributed by atoms with Crippen LogP contribution in [0, 0.1) is 0 Å². The predicted molar refractivity (Wildman–Crippen MR) is 37.4 cm³/mol. The molecular weight excluding hydrogens is 175 g/mol. The summed E-state index contributed by atoms with van der Waals surface area (Å²) in [4.78, 5) is 0. The van der Waals surface area contributed by atoms with Gasteiger partial charge < -0.3 is 0 Å². The molecule has 0 aromatic rings. The number of rotatable bonds is 1. The van der Waals surface area contributed by atoms with Crippen molar-refractivity contribution in [3.05, 3.63) is 0 Å². The van der Waals surface area contributed by atoms with E-state index in [4.69, 9.17) is 33.7 Å². The average molecular weight is 180 g/mol. The van der Waals surface area contributed by atoms with Crippen LogP contribution in [0.1, 0.15) is 6.92 Å². The molecular formula is C2H5Cl3NP. The van der Waals surface area contributed by atoms with E-state index in [1.807, 2.05) is 6.92 Å². The number of hydrogen-bond acceptors (Lipinski definition) is 1. The van der Waals surface area contributed by atoms with Crippen molar-refractivity contribution in [1.29, 1.82) is 0 Å². The van der Waals surface area contributed by atoms with E-state index in [2.05, 4.69) is 4.74 Å². The van der Waals surface area contributed by atoms with Gasteiger partial charge in [0.05, 0.1) is 0 Å². The molecule has 0 saturated carbocycles. The standard InChI is InChI=1S/C2H5Cl3NP/c1-2-6-7(3,4)5/h2H2,1H3. The Morgan fingerprint density at radius 2 is 1.86 bits per heavy atom. The van der Waals surface area contributed by atoms with Crippen LogP contribution >= 0.6 is 38.8 Å². The van der Waals surface area contributed by atoms with Crippen molar-refractivity contribution in [2.45, 2.75) is 6.92 Å². The van der Waals surface area contributed by atoms with Gasteiger partial charge in [0.25, 0.3) is 0 Å². The molecule has 0 aliphatic heterocycles. The molecule has 5 heteroatoms. The molecule has 0 fully saturated rings. The average Bonchev–Trinajstić information content (AvgIpc) is 1.30. The molecule has 0 aliphatic rings. The molecule has 0 saturated heterocycles. The Kier molecular flexibility index (Phi) is 3.69. The molecule has 0 aliphatic carbocycles. The predicted octanol–water partition coefficient (Wildman–Crippen LogP) is 3.67. The summed E-state index contributed by atoms with van der Waals surface area (Å²) in [5, 5.41) is -2.37. The zero-order chi connectivity index (χ0) is 5.91. The second-order valence-electron chi connectivity index (χ2n) is 0.876. The monoisotopic (exact) mass is 179 g/mol. The molecule has 0 N–H and O–H groups in total. The van der Waals surface area contributed by atoms with Gasteiger partial charge in [-0.2, -0.15) is 0 Å². The van der Waals surface area contributed by atoms with Crippen molar-refractivity contribution in [2.24, 2.45) is 4.74 Å². The maximum Gasteiger partial charge on any atom is 0.224 e. The first-order valence-electron chi connectivity index (χ1n) is 1.73. The summed E-state index contributed by atoms with van der Waals surface area (Å²) in [5.74, 6) is 0. The Balaban J connectivity index is 3.73. The highest BCUT2D eigenvalue weighted by molar-refractivity contribution is 8.26. The van der Waals surface area contributed by atoms with E-state index in [9.17, 15) is 0 Å². The lowest BCUT2D eigenvalue weighted by atomic mass is 10.8. The van der Waals surface area contributed by atoms with Crippen molar-refractivity contribution in [1.82, 2.24) is 0 Å². The van der Waals surface area contributed by atoms with Crippen LogP contribution in [0.15, 0.2) is 4.74 Å². The van der Waals surface area contributed by atoms with E-state index in [-0.39, 0.29) is 0 Å². The summed E-state index contributed by atoms with van der Waals surface area (Å²) in [6.07, 6.45) is 0. The summed E-state index contributed by atoms with van der Waals surface area (Å²) in [6.45, 7) is 2.42. The smallest absolute Gasteiger partial charge is 0.224 e. The number of nitrogens with zero attached hydrogens (tertiary/aromatic N) is 1. The van der Waals surface area contributed by atoms with E-state index in [0.717, 1.165) is 0 Å². The highest BCUT2D eigenvalue weighted by atomic mass is 36.0. The van der Waals surface area contributed by atoms with Gasteiger partial charge in [-0.25, -0.2) is 0 Å². The van der Waals surface area contributed by atoms with Crippen LogP contribution in [-0.4, -0.2) is 6.54 Å². The molecule has 0 spiro atoms. The minimum Gasteiger partial charge on any atom is -0.261 e. The lowest BCUT2D eigenvalue weighted by molar-refractivity contribution is 1.16. The summed E-state index contributed by atoms with van der Waals surface area (Å²) < 4.78 is 3.66. The lowest BCUT2D eigenvalue weighted by Gasteiger charge is -1.91. The van der Waals surface area contributed by atoms with E-state index < -0.39 is 5.11 Å². The van der Waals surface area contributed by atoms with Crippen molar-refractivity contribution in [3.8, 4) is 0 Å². The Bertz CT molecular complexity index is 86.8. The van der Waals surface area contributed by atoms with E-state index >= 15 is 0 Å². The van der Waals surface area contributed by atoms with Crippen LogP contribution in [0.4, 0.5) is 0 Å². The normalized spacial score (nSPS) is 11.4. The molecule has 0 rings (SSSR count). The van der Waals surface area contributed by atoms with Crippen molar-refractivity contribution >= 4 is 38.8 Å². The summed E-state index contributed by atoms with van der Waals surface area (Å²) in [5.41, 5.74) is 0. The Morgan fingerprint density at radius 1 is 1.43 bits per heavy atom. The fourth-order valence-corrected chi connectivity index (χ4v) is 1.44. The highest BCUT2D eigenvalue weighted by Crippen LogP contribution is 2.64. The van der Waals surface area contributed by atoms with Crippen LogP contribution in [-0.2, 0) is 0 Å². The van der Waals surface area contributed by atoms with E-state index in [1.54, 1.807) is 0 Å². The van der Waals surface area contributed by atoms with Crippen LogP contribution in [0.3, 0.4) is 0 Å². The largest absolute Gasteiger partial charge is 0.261 e. The molecule has 0 aromatic heterocycles. The van der Waals surface area contributed by atoms with Gasteiger partial charge in [0.2, 0.25) is 5.11 Å². The first-order chi connectivity index (χ1) is 3.06. The molecule has 0 unspecified atom stereocenters. The Labute approximate surface area is 57.4 Å². The van der Waals surface area contributed by atoms with E-state index in [1.165, 1.54) is 0 Å². The lowest BCUT2D eigenvalue weighted by Crippen LogP contribution is -1.56. The van der Waals surface area contributed by atoms with Gasteiger partial charge in [-0.3, -0.25) is 4.74 Å². The second-order valence-corrected chi connectivity index (χ2v) is 7.96. The molecule has 1 nitrogen and oxygen atoms in total. The number of hydrogen-bond donors (Lipinski definition) is 0. The van der Waals surface area contributed by atoms with Gasteiger partial charge in [-0.15, -0.1) is 0 Å².